The average Bonchev–Trinajstić information content (AvgIpc) is 2.65. The van der Waals surface area contributed by atoms with Crippen LogP contribution in [-0.4, -0.2) is 28.5 Å². The van der Waals surface area contributed by atoms with Gasteiger partial charge in [0, 0.05) is 5.56 Å². The van der Waals surface area contributed by atoms with Crippen molar-refractivity contribution in [3.05, 3.63) is 59.7 Å². The molecule has 0 fully saturated rings. The third-order valence-corrected chi connectivity index (χ3v) is 5.53. The number of ether oxygens (including phenoxy) is 1. The largest absolute Gasteiger partial charge is 0.495 e. The summed E-state index contributed by atoms with van der Waals surface area (Å²) >= 11 is 0. The summed E-state index contributed by atoms with van der Waals surface area (Å²) in [6, 6.07) is 13.8. The Morgan fingerprint density at radius 2 is 1.73 bits per heavy atom. The van der Waals surface area contributed by atoms with Gasteiger partial charge in [-0.25, -0.2) is 13.1 Å². The van der Waals surface area contributed by atoms with Gasteiger partial charge in [-0.05, 0) is 36.7 Å². The fourth-order valence-electron chi connectivity index (χ4n) is 2.66. The van der Waals surface area contributed by atoms with Crippen LogP contribution in [0.5, 0.6) is 5.75 Å². The number of hydrogen-bond donors (Lipinski definition) is 2. The molecule has 0 aliphatic rings. The van der Waals surface area contributed by atoms with E-state index in [4.69, 9.17) is 4.74 Å². The molecule has 6 nitrogen and oxygen atoms in total. The van der Waals surface area contributed by atoms with Crippen molar-refractivity contribution in [3.63, 3.8) is 0 Å². The van der Waals surface area contributed by atoms with Gasteiger partial charge in [-0.15, -0.1) is 0 Å². The zero-order valence-corrected chi connectivity index (χ0v) is 16.1. The molecule has 0 saturated heterocycles. The second-order valence-electron chi connectivity index (χ2n) is 6.18. The number of hydrogen-bond acceptors (Lipinski definition) is 4. The van der Waals surface area contributed by atoms with Crippen molar-refractivity contribution in [1.29, 1.82) is 0 Å². The van der Waals surface area contributed by atoms with Crippen LogP contribution in [0.3, 0.4) is 0 Å². The van der Waals surface area contributed by atoms with Crippen LogP contribution in [0, 0.1) is 5.92 Å². The molecule has 1 atom stereocenters. The first-order chi connectivity index (χ1) is 12.3. The van der Waals surface area contributed by atoms with Crippen molar-refractivity contribution >= 4 is 15.9 Å². The molecule has 0 spiro atoms. The van der Waals surface area contributed by atoms with Crippen LogP contribution >= 0.6 is 0 Å². The highest BCUT2D eigenvalue weighted by Crippen LogP contribution is 2.26. The van der Waals surface area contributed by atoms with Gasteiger partial charge in [0.05, 0.1) is 13.2 Å². The molecule has 1 amide bonds. The number of methoxy groups -OCH3 is 1. The van der Waals surface area contributed by atoms with E-state index in [1.165, 1.54) is 26.3 Å². The minimum absolute atomic E-state index is 0.0732. The van der Waals surface area contributed by atoms with Crippen LogP contribution < -0.4 is 14.8 Å². The lowest BCUT2D eigenvalue weighted by molar-refractivity contribution is 0.0925. The van der Waals surface area contributed by atoms with E-state index in [2.05, 4.69) is 10.0 Å². The van der Waals surface area contributed by atoms with Crippen LogP contribution in [0.1, 0.15) is 35.8 Å². The minimum atomic E-state index is -3.75. The molecular weight excluding hydrogens is 352 g/mol. The molecule has 7 heteroatoms. The van der Waals surface area contributed by atoms with Crippen LogP contribution in [0.15, 0.2) is 53.4 Å². The number of sulfonamides is 1. The first-order valence-corrected chi connectivity index (χ1v) is 9.76. The van der Waals surface area contributed by atoms with Crippen molar-refractivity contribution in [2.75, 3.05) is 14.2 Å². The predicted molar refractivity (Wildman–Crippen MR) is 101 cm³/mol. The Kier molecular flexibility index (Phi) is 6.39. The summed E-state index contributed by atoms with van der Waals surface area (Å²) in [4.78, 5) is 12.7. The molecule has 0 aliphatic carbocycles. The van der Waals surface area contributed by atoms with E-state index in [1.54, 1.807) is 6.07 Å². The molecule has 1 unspecified atom stereocenters. The fourth-order valence-corrected chi connectivity index (χ4v) is 3.58. The van der Waals surface area contributed by atoms with E-state index >= 15 is 0 Å². The summed E-state index contributed by atoms with van der Waals surface area (Å²) in [6.45, 7) is 4.03. The lowest BCUT2D eigenvalue weighted by Gasteiger charge is -2.23. The zero-order chi connectivity index (χ0) is 19.3. The molecule has 0 saturated carbocycles. The molecule has 2 aromatic rings. The minimum Gasteiger partial charge on any atom is -0.495 e. The molecule has 0 heterocycles. The number of amides is 1. The van der Waals surface area contributed by atoms with Gasteiger partial charge in [-0.1, -0.05) is 44.2 Å². The van der Waals surface area contributed by atoms with E-state index in [0.717, 1.165) is 5.56 Å². The second-order valence-corrected chi connectivity index (χ2v) is 8.03. The van der Waals surface area contributed by atoms with E-state index in [0.29, 0.717) is 0 Å². The third kappa shape index (κ3) is 4.42. The van der Waals surface area contributed by atoms with Gasteiger partial charge in [0.25, 0.3) is 5.91 Å². The quantitative estimate of drug-likeness (QED) is 0.778. The maximum atomic E-state index is 12.7. The van der Waals surface area contributed by atoms with E-state index in [-0.39, 0.29) is 34.1 Å². The summed E-state index contributed by atoms with van der Waals surface area (Å²) < 4.78 is 31.7. The standard InChI is InChI=1S/C19H24N2O4S/c1-13(2)18(14-8-6-5-7-9-14)21-19(22)15-10-11-16(25-4)17(12-15)26(23,24)20-3/h5-13,18,20H,1-4H3,(H,21,22). The van der Waals surface area contributed by atoms with Crippen molar-refractivity contribution in [1.82, 2.24) is 10.0 Å². The summed E-state index contributed by atoms with van der Waals surface area (Å²) in [5.41, 5.74) is 1.24. The van der Waals surface area contributed by atoms with Gasteiger partial charge in [0.1, 0.15) is 10.6 Å². The summed E-state index contributed by atoms with van der Waals surface area (Å²) in [5, 5.41) is 2.99. The van der Waals surface area contributed by atoms with Gasteiger partial charge < -0.3 is 10.1 Å². The van der Waals surface area contributed by atoms with Gasteiger partial charge in [0.2, 0.25) is 10.0 Å². The Hall–Kier alpha value is -2.38. The van der Waals surface area contributed by atoms with Crippen LogP contribution in [0.25, 0.3) is 0 Å². The monoisotopic (exact) mass is 376 g/mol. The van der Waals surface area contributed by atoms with E-state index in [9.17, 15) is 13.2 Å². The Balaban J connectivity index is 2.36. The Bertz CT molecular complexity index is 864. The lowest BCUT2D eigenvalue weighted by atomic mass is 9.95. The normalized spacial score (nSPS) is 12.7. The van der Waals surface area contributed by atoms with Crippen molar-refractivity contribution in [3.8, 4) is 5.75 Å². The number of nitrogens with one attached hydrogen (secondary N) is 2. The summed E-state index contributed by atoms with van der Waals surface area (Å²) in [5.74, 6) is 0.00207. The maximum Gasteiger partial charge on any atom is 0.251 e. The number of carbonyl (C=O) groups excluding carboxylic acids is 1. The van der Waals surface area contributed by atoms with Crippen LogP contribution in [0.2, 0.25) is 0 Å². The molecule has 0 radical (unpaired) electrons. The Morgan fingerprint density at radius 1 is 1.08 bits per heavy atom. The SMILES string of the molecule is CNS(=O)(=O)c1cc(C(=O)NC(c2ccccc2)C(C)C)ccc1OC. The first kappa shape index (κ1) is 19.9. The fraction of sp³-hybridized carbons (Fsp3) is 0.316. The molecule has 0 bridgehead atoms. The maximum absolute atomic E-state index is 12.7. The van der Waals surface area contributed by atoms with E-state index in [1.807, 2.05) is 44.2 Å². The van der Waals surface area contributed by atoms with Crippen molar-refractivity contribution in [2.24, 2.45) is 5.92 Å². The molecular formula is C19H24N2O4S. The molecule has 26 heavy (non-hydrogen) atoms. The highest BCUT2D eigenvalue weighted by molar-refractivity contribution is 7.89. The average molecular weight is 376 g/mol. The summed E-state index contributed by atoms with van der Waals surface area (Å²) in [7, 11) is -1.05. The highest BCUT2D eigenvalue weighted by Gasteiger charge is 2.23. The third-order valence-electron chi connectivity index (χ3n) is 4.10. The topological polar surface area (TPSA) is 84.5 Å². The first-order valence-electron chi connectivity index (χ1n) is 8.27. The van der Waals surface area contributed by atoms with Gasteiger partial charge >= 0.3 is 0 Å². The van der Waals surface area contributed by atoms with Crippen molar-refractivity contribution in [2.45, 2.75) is 24.8 Å². The Labute approximate surface area is 154 Å². The molecule has 2 aromatic carbocycles. The Morgan fingerprint density at radius 3 is 2.27 bits per heavy atom. The van der Waals surface area contributed by atoms with Gasteiger partial charge in [0.15, 0.2) is 0 Å². The second kappa shape index (κ2) is 8.33. The number of carbonyl (C=O) groups is 1. The molecule has 0 aliphatic heterocycles. The molecule has 140 valence electrons. The number of rotatable bonds is 7. The highest BCUT2D eigenvalue weighted by atomic mass is 32.2. The smallest absolute Gasteiger partial charge is 0.251 e. The van der Waals surface area contributed by atoms with Gasteiger partial charge in [-0.2, -0.15) is 0 Å². The van der Waals surface area contributed by atoms with Gasteiger partial charge in [-0.3, -0.25) is 4.79 Å². The summed E-state index contributed by atoms with van der Waals surface area (Å²) in [6.07, 6.45) is 0. The lowest BCUT2D eigenvalue weighted by Crippen LogP contribution is -2.32. The molecule has 2 N–H and O–H groups in total. The van der Waals surface area contributed by atoms with Crippen molar-refractivity contribution < 1.29 is 17.9 Å². The van der Waals surface area contributed by atoms with E-state index < -0.39 is 10.0 Å². The zero-order valence-electron chi connectivity index (χ0n) is 15.3. The molecule has 0 aromatic heterocycles. The number of benzene rings is 2. The molecule has 2 rings (SSSR count). The predicted octanol–water partition coefficient (Wildman–Crippen LogP) is 2.73. The van der Waals surface area contributed by atoms with Crippen LogP contribution in [0.4, 0.5) is 0 Å². The van der Waals surface area contributed by atoms with Crippen LogP contribution in [-0.2, 0) is 10.0 Å².